The summed E-state index contributed by atoms with van der Waals surface area (Å²) in [6.45, 7) is 13.4. The number of likely N-dealkylation sites (tertiary alicyclic amines) is 1. The van der Waals surface area contributed by atoms with Crippen molar-refractivity contribution in [3.05, 3.63) is 39.8 Å². The van der Waals surface area contributed by atoms with Gasteiger partial charge in [0.2, 0.25) is 0 Å². The van der Waals surface area contributed by atoms with E-state index < -0.39 is 0 Å². The molecule has 0 radical (unpaired) electrons. The minimum atomic E-state index is 0.151. The Balaban J connectivity index is 0.000000582. The number of thioether (sulfide) groups is 1. The number of phenolic OH excluding ortho intramolecular Hbond substituents is 1. The molecule has 6 heteroatoms. The smallest absolute Gasteiger partial charge is 0.119 e. The first-order valence-electron chi connectivity index (χ1n) is 12.8. The number of nitrogens with two attached hydrogens (primary N) is 1. The molecular weight excluding hydrogens is 428 g/mol. The fourth-order valence-electron chi connectivity index (χ4n) is 4.99. The Labute approximate surface area is 206 Å². The molecule has 5 nitrogen and oxygen atoms in total. The number of phenols is 1. The van der Waals surface area contributed by atoms with E-state index in [-0.39, 0.29) is 6.17 Å². The van der Waals surface area contributed by atoms with Gasteiger partial charge in [0.1, 0.15) is 5.75 Å². The quantitative estimate of drug-likeness (QED) is 0.488. The predicted octanol–water partition coefficient (Wildman–Crippen LogP) is 5.55. The van der Waals surface area contributed by atoms with Crippen molar-refractivity contribution < 1.29 is 5.11 Å². The van der Waals surface area contributed by atoms with Crippen LogP contribution in [0.3, 0.4) is 0 Å². The van der Waals surface area contributed by atoms with E-state index >= 15 is 0 Å². The van der Waals surface area contributed by atoms with Crippen LogP contribution in [0.4, 0.5) is 0 Å². The zero-order valence-electron chi connectivity index (χ0n) is 21.1. The highest BCUT2D eigenvalue weighted by molar-refractivity contribution is 8.03. The summed E-state index contributed by atoms with van der Waals surface area (Å²) in [7, 11) is 0. The van der Waals surface area contributed by atoms with Gasteiger partial charge in [-0.05, 0) is 92.9 Å². The van der Waals surface area contributed by atoms with Crippen molar-refractivity contribution in [3.8, 4) is 5.75 Å². The summed E-state index contributed by atoms with van der Waals surface area (Å²) in [5, 5.41) is 15.6. The average molecular weight is 475 g/mol. The van der Waals surface area contributed by atoms with Crippen molar-refractivity contribution in [2.75, 3.05) is 31.9 Å². The van der Waals surface area contributed by atoms with Crippen molar-refractivity contribution in [2.45, 2.75) is 84.3 Å². The number of unbranched alkanes of at least 4 members (excludes halogenated alkanes) is 1. The molecule has 3 aliphatic rings. The Bertz CT molecular complexity index is 723. The first kappa shape index (κ1) is 27.9. The molecule has 4 N–H and O–H groups in total. The van der Waals surface area contributed by atoms with E-state index in [1.165, 1.54) is 61.8 Å². The van der Waals surface area contributed by atoms with E-state index in [2.05, 4.69) is 43.4 Å². The third kappa shape index (κ3) is 7.84. The van der Waals surface area contributed by atoms with E-state index in [1.807, 2.05) is 17.8 Å². The van der Waals surface area contributed by atoms with Gasteiger partial charge in [-0.3, -0.25) is 4.90 Å². The second-order valence-corrected chi connectivity index (χ2v) is 10.4. The second kappa shape index (κ2) is 14.8. The van der Waals surface area contributed by atoms with Crippen molar-refractivity contribution in [2.24, 2.45) is 5.73 Å². The lowest BCUT2D eigenvalue weighted by Gasteiger charge is -2.41. The summed E-state index contributed by atoms with van der Waals surface area (Å²) in [5.41, 5.74) is 10.5. The molecule has 1 fully saturated rings. The number of nitrogens with zero attached hydrogens (tertiary/aromatic N) is 2. The SMILES string of the molecule is C=N.CCCC.Cc1cccc(O)c1CCN1CCC(N2CCCC3=C(CCS3)C2N)CC1. The molecule has 0 amide bonds. The van der Waals surface area contributed by atoms with E-state index in [0.717, 1.165) is 38.2 Å². The van der Waals surface area contributed by atoms with E-state index in [4.69, 9.17) is 11.1 Å². The highest BCUT2D eigenvalue weighted by Crippen LogP contribution is 2.39. The van der Waals surface area contributed by atoms with Crippen molar-refractivity contribution >= 4 is 18.5 Å². The lowest BCUT2D eigenvalue weighted by Crippen LogP contribution is -2.53. The average Bonchev–Trinajstić information content (AvgIpc) is 3.26. The van der Waals surface area contributed by atoms with Gasteiger partial charge in [-0.1, -0.05) is 38.8 Å². The standard InChI is InChI=1S/C22H33N3OS.C4H10.CH3N/c1-16-4-2-5-20(26)18(16)9-14-24-12-7-17(8-13-24)25-11-3-6-21-19(22(25)23)10-15-27-21;1-3-4-2;1-2/h2,4-5,17,22,26H,3,6-15,23H2,1H3;3-4H2,1-2H3;2H,1H2. The molecule has 33 heavy (non-hydrogen) atoms. The maximum Gasteiger partial charge on any atom is 0.119 e. The number of hydrogen-bond donors (Lipinski definition) is 3. The molecule has 1 unspecified atom stereocenters. The number of benzene rings is 1. The van der Waals surface area contributed by atoms with Gasteiger partial charge in [-0.25, -0.2) is 0 Å². The van der Waals surface area contributed by atoms with Crippen LogP contribution in [0.5, 0.6) is 5.75 Å². The first-order chi connectivity index (χ1) is 16.0. The number of rotatable bonds is 5. The zero-order valence-corrected chi connectivity index (χ0v) is 21.9. The van der Waals surface area contributed by atoms with Gasteiger partial charge in [0.15, 0.2) is 0 Å². The van der Waals surface area contributed by atoms with Crippen LogP contribution in [-0.2, 0) is 6.42 Å². The van der Waals surface area contributed by atoms with Gasteiger partial charge in [-0.2, -0.15) is 0 Å². The molecule has 186 valence electrons. The topological polar surface area (TPSA) is 76.6 Å². The number of aryl methyl sites for hydroxylation is 1. The molecule has 0 bridgehead atoms. The lowest BCUT2D eigenvalue weighted by atomic mass is 9.99. The Morgan fingerprint density at radius 1 is 1.12 bits per heavy atom. The van der Waals surface area contributed by atoms with Crippen molar-refractivity contribution in [1.29, 1.82) is 5.41 Å². The van der Waals surface area contributed by atoms with Crippen molar-refractivity contribution in [3.63, 3.8) is 0 Å². The third-order valence-corrected chi connectivity index (χ3v) is 8.35. The highest BCUT2D eigenvalue weighted by Gasteiger charge is 2.33. The molecule has 0 aromatic heterocycles. The fraction of sp³-hybridized carbons (Fsp3) is 0.667. The number of allylic oxidation sites excluding steroid dienone is 1. The Hall–Kier alpha value is -1.34. The lowest BCUT2D eigenvalue weighted by molar-refractivity contribution is 0.0872. The minimum Gasteiger partial charge on any atom is -0.508 e. The van der Waals surface area contributed by atoms with Crippen LogP contribution in [-0.4, -0.2) is 65.8 Å². The summed E-state index contributed by atoms with van der Waals surface area (Å²) in [6, 6.07) is 6.44. The molecular formula is C27H46N4OS. The van der Waals surface area contributed by atoms with Gasteiger partial charge in [-0.15, -0.1) is 11.8 Å². The molecule has 1 atom stereocenters. The Morgan fingerprint density at radius 3 is 2.45 bits per heavy atom. The molecule has 1 saturated heterocycles. The summed E-state index contributed by atoms with van der Waals surface area (Å²) < 4.78 is 0. The van der Waals surface area contributed by atoms with E-state index in [9.17, 15) is 5.11 Å². The van der Waals surface area contributed by atoms with Crippen LogP contribution in [0.15, 0.2) is 28.7 Å². The molecule has 1 aromatic carbocycles. The summed E-state index contributed by atoms with van der Waals surface area (Å²) >= 11 is 2.04. The molecule has 0 saturated carbocycles. The van der Waals surface area contributed by atoms with Crippen LogP contribution in [0.2, 0.25) is 0 Å². The number of nitrogens with one attached hydrogen (secondary N) is 1. The summed E-state index contributed by atoms with van der Waals surface area (Å²) in [4.78, 5) is 6.76. The minimum absolute atomic E-state index is 0.151. The Morgan fingerprint density at radius 2 is 1.82 bits per heavy atom. The molecule has 0 spiro atoms. The van der Waals surface area contributed by atoms with Crippen LogP contribution in [0.25, 0.3) is 0 Å². The number of piperidine rings is 1. The number of aromatic hydroxyl groups is 1. The largest absolute Gasteiger partial charge is 0.508 e. The van der Waals surface area contributed by atoms with Gasteiger partial charge >= 0.3 is 0 Å². The Kier molecular flexibility index (Phi) is 12.5. The monoisotopic (exact) mass is 474 g/mol. The predicted molar refractivity (Wildman–Crippen MR) is 144 cm³/mol. The molecule has 0 aliphatic carbocycles. The van der Waals surface area contributed by atoms with E-state index in [1.54, 1.807) is 11.0 Å². The number of hydrogen-bond acceptors (Lipinski definition) is 6. The third-order valence-electron chi connectivity index (χ3n) is 7.13. The fourth-order valence-corrected chi connectivity index (χ4v) is 6.25. The van der Waals surface area contributed by atoms with E-state index in [0.29, 0.717) is 11.8 Å². The summed E-state index contributed by atoms with van der Waals surface area (Å²) in [5.74, 6) is 1.68. The van der Waals surface area contributed by atoms with Crippen LogP contribution in [0.1, 0.15) is 69.9 Å². The molecule has 3 aliphatic heterocycles. The molecule has 4 rings (SSSR count). The van der Waals surface area contributed by atoms with Crippen LogP contribution >= 0.6 is 11.8 Å². The van der Waals surface area contributed by atoms with Gasteiger partial charge in [0.05, 0.1) is 6.17 Å². The summed E-state index contributed by atoms with van der Waals surface area (Å²) in [6.07, 6.45) is 9.83. The maximum absolute atomic E-state index is 10.1. The van der Waals surface area contributed by atoms with Gasteiger partial charge in [0, 0.05) is 24.9 Å². The first-order valence-corrected chi connectivity index (χ1v) is 13.7. The van der Waals surface area contributed by atoms with Gasteiger partial charge in [0.25, 0.3) is 0 Å². The maximum atomic E-state index is 10.1. The molecule has 3 heterocycles. The zero-order chi connectivity index (χ0) is 24.2. The second-order valence-electron chi connectivity index (χ2n) is 9.23. The van der Waals surface area contributed by atoms with Crippen LogP contribution in [0, 0.1) is 12.3 Å². The van der Waals surface area contributed by atoms with Crippen molar-refractivity contribution in [1.82, 2.24) is 9.80 Å². The molecule has 1 aromatic rings. The van der Waals surface area contributed by atoms with Crippen LogP contribution < -0.4 is 5.73 Å². The highest BCUT2D eigenvalue weighted by atomic mass is 32.2. The van der Waals surface area contributed by atoms with Gasteiger partial charge < -0.3 is 21.1 Å². The normalized spacial score (nSPS) is 22.0.